The Bertz CT molecular complexity index is 442. The zero-order chi connectivity index (χ0) is 12.4. The average Bonchev–Trinajstić information content (AvgIpc) is 2.70. The van der Waals surface area contributed by atoms with Gasteiger partial charge in [0, 0.05) is 11.7 Å². The SMILES string of the molecule is Cl.NC1CCCC1C(=O)Nc1ccc(Cl)c(F)c1. The maximum atomic E-state index is 13.2. The minimum absolute atomic E-state index is 0. The zero-order valence-electron chi connectivity index (χ0n) is 9.66. The predicted octanol–water partition coefficient (Wildman–Crippen LogP) is 2.97. The molecule has 1 aromatic rings. The fourth-order valence-electron chi connectivity index (χ4n) is 2.12. The first-order valence-electron chi connectivity index (χ1n) is 5.59. The van der Waals surface area contributed by atoms with Gasteiger partial charge < -0.3 is 11.1 Å². The van der Waals surface area contributed by atoms with Crippen molar-refractivity contribution in [3.05, 3.63) is 29.0 Å². The molecule has 3 nitrogen and oxygen atoms in total. The third kappa shape index (κ3) is 3.34. The van der Waals surface area contributed by atoms with Crippen LogP contribution in [-0.2, 0) is 4.79 Å². The summed E-state index contributed by atoms with van der Waals surface area (Å²) in [6, 6.07) is 4.11. The first kappa shape index (κ1) is 15.2. The van der Waals surface area contributed by atoms with E-state index in [1.807, 2.05) is 0 Å². The van der Waals surface area contributed by atoms with Gasteiger partial charge in [-0.1, -0.05) is 18.0 Å². The van der Waals surface area contributed by atoms with Crippen molar-refractivity contribution in [1.82, 2.24) is 0 Å². The summed E-state index contributed by atoms with van der Waals surface area (Å²) in [6.07, 6.45) is 2.63. The summed E-state index contributed by atoms with van der Waals surface area (Å²) in [6.45, 7) is 0. The summed E-state index contributed by atoms with van der Waals surface area (Å²) < 4.78 is 13.2. The summed E-state index contributed by atoms with van der Waals surface area (Å²) in [5.41, 5.74) is 6.24. The highest BCUT2D eigenvalue weighted by atomic mass is 35.5. The monoisotopic (exact) mass is 292 g/mol. The Morgan fingerprint density at radius 1 is 1.44 bits per heavy atom. The van der Waals surface area contributed by atoms with Crippen molar-refractivity contribution in [2.24, 2.45) is 11.7 Å². The Labute approximate surface area is 116 Å². The van der Waals surface area contributed by atoms with Gasteiger partial charge in [0.1, 0.15) is 5.82 Å². The van der Waals surface area contributed by atoms with Gasteiger partial charge in [0.25, 0.3) is 0 Å². The summed E-state index contributed by atoms with van der Waals surface area (Å²) in [5, 5.41) is 2.71. The third-order valence-corrected chi connectivity index (χ3v) is 3.40. The maximum Gasteiger partial charge on any atom is 0.229 e. The van der Waals surface area contributed by atoms with Gasteiger partial charge in [-0.05, 0) is 31.0 Å². The maximum absolute atomic E-state index is 13.2. The van der Waals surface area contributed by atoms with E-state index in [1.54, 1.807) is 6.07 Å². The van der Waals surface area contributed by atoms with Crippen LogP contribution in [0.15, 0.2) is 18.2 Å². The molecule has 0 aliphatic heterocycles. The molecule has 0 aromatic heterocycles. The molecule has 0 spiro atoms. The molecule has 1 aliphatic rings. The molecule has 2 atom stereocenters. The number of nitrogens with two attached hydrogens (primary N) is 1. The van der Waals surface area contributed by atoms with Crippen molar-refractivity contribution in [2.75, 3.05) is 5.32 Å². The molecule has 3 N–H and O–H groups in total. The summed E-state index contributed by atoms with van der Waals surface area (Å²) in [5.74, 6) is -0.856. The van der Waals surface area contributed by atoms with Crippen LogP contribution in [0, 0.1) is 11.7 Å². The Kier molecular flexibility index (Phi) is 5.38. The van der Waals surface area contributed by atoms with Gasteiger partial charge in [-0.2, -0.15) is 0 Å². The van der Waals surface area contributed by atoms with Crippen LogP contribution in [-0.4, -0.2) is 11.9 Å². The molecule has 1 aliphatic carbocycles. The number of anilines is 1. The van der Waals surface area contributed by atoms with E-state index in [0.717, 1.165) is 19.3 Å². The third-order valence-electron chi connectivity index (χ3n) is 3.09. The van der Waals surface area contributed by atoms with Crippen LogP contribution in [0.2, 0.25) is 5.02 Å². The van der Waals surface area contributed by atoms with E-state index >= 15 is 0 Å². The number of hydrogen-bond donors (Lipinski definition) is 2. The van der Waals surface area contributed by atoms with Gasteiger partial charge >= 0.3 is 0 Å². The molecule has 0 heterocycles. The van der Waals surface area contributed by atoms with Crippen molar-refractivity contribution in [3.63, 3.8) is 0 Å². The molecule has 2 rings (SSSR count). The molecule has 1 amide bonds. The molecule has 6 heteroatoms. The topological polar surface area (TPSA) is 55.1 Å². The Morgan fingerprint density at radius 2 is 2.17 bits per heavy atom. The minimum Gasteiger partial charge on any atom is -0.327 e. The van der Waals surface area contributed by atoms with Crippen LogP contribution in [0.3, 0.4) is 0 Å². The highest BCUT2D eigenvalue weighted by Gasteiger charge is 2.30. The van der Waals surface area contributed by atoms with Crippen LogP contribution in [0.5, 0.6) is 0 Å². The largest absolute Gasteiger partial charge is 0.327 e. The van der Waals surface area contributed by atoms with Gasteiger partial charge in [-0.3, -0.25) is 4.79 Å². The Balaban J connectivity index is 0.00000162. The molecule has 0 bridgehead atoms. The minimum atomic E-state index is -0.541. The van der Waals surface area contributed by atoms with Crippen LogP contribution < -0.4 is 11.1 Å². The summed E-state index contributed by atoms with van der Waals surface area (Å²) >= 11 is 5.56. The van der Waals surface area contributed by atoms with Gasteiger partial charge in [-0.25, -0.2) is 4.39 Å². The van der Waals surface area contributed by atoms with Crippen LogP contribution in [0.1, 0.15) is 19.3 Å². The van der Waals surface area contributed by atoms with E-state index in [-0.39, 0.29) is 35.3 Å². The lowest BCUT2D eigenvalue weighted by Crippen LogP contribution is -2.34. The van der Waals surface area contributed by atoms with Gasteiger partial charge in [-0.15, -0.1) is 12.4 Å². The predicted molar refractivity (Wildman–Crippen MR) is 72.6 cm³/mol. The molecule has 1 fully saturated rings. The number of nitrogens with one attached hydrogen (secondary N) is 1. The number of halogens is 3. The molecule has 18 heavy (non-hydrogen) atoms. The highest BCUT2D eigenvalue weighted by molar-refractivity contribution is 6.30. The van der Waals surface area contributed by atoms with Crippen LogP contribution >= 0.6 is 24.0 Å². The standard InChI is InChI=1S/C12H14ClFN2O.ClH/c13-9-5-4-7(6-10(9)14)16-12(17)8-2-1-3-11(8)15;/h4-6,8,11H,1-3,15H2,(H,16,17);1H. The summed E-state index contributed by atoms with van der Waals surface area (Å²) in [4.78, 5) is 11.9. The molecule has 1 saturated carbocycles. The second kappa shape index (κ2) is 6.36. The van der Waals surface area contributed by atoms with E-state index in [1.165, 1.54) is 12.1 Å². The van der Waals surface area contributed by atoms with Crippen molar-refractivity contribution in [3.8, 4) is 0 Å². The van der Waals surface area contributed by atoms with Crippen molar-refractivity contribution in [1.29, 1.82) is 0 Å². The molecular weight excluding hydrogens is 278 g/mol. The lowest BCUT2D eigenvalue weighted by Gasteiger charge is -2.15. The molecule has 0 radical (unpaired) electrons. The second-order valence-electron chi connectivity index (χ2n) is 4.32. The molecular formula is C12H15Cl2FN2O. The normalized spacial score (nSPS) is 22.4. The first-order valence-corrected chi connectivity index (χ1v) is 5.97. The van der Waals surface area contributed by atoms with Crippen molar-refractivity contribution < 1.29 is 9.18 Å². The van der Waals surface area contributed by atoms with Gasteiger partial charge in [0.05, 0.1) is 10.9 Å². The fraction of sp³-hybridized carbons (Fsp3) is 0.417. The van der Waals surface area contributed by atoms with E-state index in [2.05, 4.69) is 5.32 Å². The number of carbonyl (C=O) groups excluding carboxylic acids is 1. The summed E-state index contributed by atoms with van der Waals surface area (Å²) in [7, 11) is 0. The Hall–Kier alpha value is -0.840. The lowest BCUT2D eigenvalue weighted by molar-refractivity contribution is -0.120. The van der Waals surface area contributed by atoms with Crippen LogP contribution in [0.25, 0.3) is 0 Å². The van der Waals surface area contributed by atoms with Gasteiger partial charge in [0.15, 0.2) is 0 Å². The zero-order valence-corrected chi connectivity index (χ0v) is 11.2. The average molecular weight is 293 g/mol. The number of rotatable bonds is 2. The highest BCUT2D eigenvalue weighted by Crippen LogP contribution is 2.26. The fourth-order valence-corrected chi connectivity index (χ4v) is 2.24. The smallest absolute Gasteiger partial charge is 0.229 e. The van der Waals surface area contributed by atoms with Gasteiger partial charge in [0.2, 0.25) is 5.91 Å². The number of benzene rings is 1. The molecule has 2 unspecified atom stereocenters. The van der Waals surface area contributed by atoms with Crippen molar-refractivity contribution in [2.45, 2.75) is 25.3 Å². The molecule has 0 saturated heterocycles. The molecule has 1 aromatic carbocycles. The second-order valence-corrected chi connectivity index (χ2v) is 4.73. The Morgan fingerprint density at radius 3 is 2.72 bits per heavy atom. The number of hydrogen-bond acceptors (Lipinski definition) is 2. The van der Waals surface area contributed by atoms with E-state index in [0.29, 0.717) is 5.69 Å². The quantitative estimate of drug-likeness (QED) is 0.880. The number of carbonyl (C=O) groups is 1. The van der Waals surface area contributed by atoms with E-state index < -0.39 is 5.82 Å². The van der Waals surface area contributed by atoms with E-state index in [4.69, 9.17) is 17.3 Å². The molecule has 100 valence electrons. The van der Waals surface area contributed by atoms with Crippen molar-refractivity contribution >= 4 is 35.6 Å². The van der Waals surface area contributed by atoms with Crippen LogP contribution in [0.4, 0.5) is 10.1 Å². The van der Waals surface area contributed by atoms with E-state index in [9.17, 15) is 9.18 Å². The lowest BCUT2D eigenvalue weighted by atomic mass is 10.0. The number of amides is 1. The first-order chi connectivity index (χ1) is 8.08.